The van der Waals surface area contributed by atoms with Crippen molar-refractivity contribution in [3.8, 4) is 0 Å². The number of hydrogen-bond acceptors (Lipinski definition) is 6. The Morgan fingerprint density at radius 2 is 1.92 bits per heavy atom. The van der Waals surface area contributed by atoms with Gasteiger partial charge in [0.1, 0.15) is 5.82 Å². The first-order valence-corrected chi connectivity index (χ1v) is 8.72. The Labute approximate surface area is 148 Å². The van der Waals surface area contributed by atoms with E-state index in [1.54, 1.807) is 12.1 Å². The number of rotatable bonds is 5. The van der Waals surface area contributed by atoms with Crippen LogP contribution in [0.5, 0.6) is 0 Å². The first-order chi connectivity index (χ1) is 12.2. The molecule has 1 aromatic heterocycles. The lowest BCUT2D eigenvalue weighted by molar-refractivity contribution is 0.0602. The van der Waals surface area contributed by atoms with Gasteiger partial charge in [-0.2, -0.15) is 4.98 Å². The second kappa shape index (κ2) is 7.96. The van der Waals surface area contributed by atoms with Gasteiger partial charge in [-0.25, -0.2) is 9.78 Å². The molecule has 0 saturated heterocycles. The van der Waals surface area contributed by atoms with Crippen LogP contribution in [0, 0.1) is 6.92 Å². The number of ether oxygens (including phenoxy) is 1. The standard InChI is InChI=1S/C19H24N4O2/c1-13-12-17(22-16-11-7-6-10-15(16)18(24)25-2)23-19(20-13)21-14-8-4-3-5-9-14/h6-7,10-12,14H,3-5,8-9H2,1-2H3,(H2,20,21,22,23). The third-order valence-corrected chi connectivity index (χ3v) is 4.39. The molecular weight excluding hydrogens is 316 g/mol. The number of carbonyl (C=O) groups excluding carboxylic acids is 1. The van der Waals surface area contributed by atoms with Gasteiger partial charge in [-0.05, 0) is 31.9 Å². The molecule has 3 rings (SSSR count). The average molecular weight is 340 g/mol. The van der Waals surface area contributed by atoms with Crippen LogP contribution >= 0.6 is 0 Å². The number of anilines is 3. The van der Waals surface area contributed by atoms with Crippen molar-refractivity contribution < 1.29 is 9.53 Å². The monoisotopic (exact) mass is 340 g/mol. The Morgan fingerprint density at radius 1 is 1.16 bits per heavy atom. The molecule has 132 valence electrons. The highest BCUT2D eigenvalue weighted by Crippen LogP contribution is 2.23. The van der Waals surface area contributed by atoms with Gasteiger partial charge in [-0.3, -0.25) is 0 Å². The van der Waals surface area contributed by atoms with E-state index >= 15 is 0 Å². The predicted molar refractivity (Wildman–Crippen MR) is 98.3 cm³/mol. The van der Waals surface area contributed by atoms with Crippen LogP contribution in [-0.4, -0.2) is 29.1 Å². The highest BCUT2D eigenvalue weighted by atomic mass is 16.5. The van der Waals surface area contributed by atoms with E-state index in [9.17, 15) is 4.79 Å². The summed E-state index contributed by atoms with van der Waals surface area (Å²) < 4.78 is 4.84. The van der Waals surface area contributed by atoms with Crippen LogP contribution in [0.4, 0.5) is 17.5 Å². The van der Waals surface area contributed by atoms with Crippen molar-refractivity contribution in [1.29, 1.82) is 0 Å². The molecule has 0 aliphatic heterocycles. The Hall–Kier alpha value is -2.63. The second-order valence-corrected chi connectivity index (χ2v) is 6.36. The lowest BCUT2D eigenvalue weighted by Crippen LogP contribution is -2.23. The summed E-state index contributed by atoms with van der Waals surface area (Å²) in [6.07, 6.45) is 6.13. The van der Waals surface area contributed by atoms with E-state index in [2.05, 4.69) is 20.6 Å². The molecule has 6 nitrogen and oxygen atoms in total. The normalized spacial score (nSPS) is 14.8. The van der Waals surface area contributed by atoms with Gasteiger partial charge < -0.3 is 15.4 Å². The van der Waals surface area contributed by atoms with Crippen LogP contribution < -0.4 is 10.6 Å². The minimum Gasteiger partial charge on any atom is -0.465 e. The molecular formula is C19H24N4O2. The zero-order chi connectivity index (χ0) is 17.6. The number of benzene rings is 1. The van der Waals surface area contributed by atoms with Crippen molar-refractivity contribution in [2.75, 3.05) is 17.7 Å². The maximum absolute atomic E-state index is 11.9. The molecule has 6 heteroatoms. The molecule has 0 radical (unpaired) electrons. The van der Waals surface area contributed by atoms with Gasteiger partial charge in [0.05, 0.1) is 18.4 Å². The van der Waals surface area contributed by atoms with Gasteiger partial charge in [-0.1, -0.05) is 31.4 Å². The molecule has 1 heterocycles. The van der Waals surface area contributed by atoms with Crippen LogP contribution in [0.1, 0.15) is 48.2 Å². The lowest BCUT2D eigenvalue weighted by atomic mass is 9.96. The average Bonchev–Trinajstić information content (AvgIpc) is 2.62. The molecule has 0 bridgehead atoms. The molecule has 1 fully saturated rings. The fourth-order valence-corrected chi connectivity index (χ4v) is 3.14. The van der Waals surface area contributed by atoms with E-state index in [-0.39, 0.29) is 5.97 Å². The number of nitrogens with zero attached hydrogens (tertiary/aromatic N) is 2. The van der Waals surface area contributed by atoms with E-state index in [0.717, 1.165) is 18.5 Å². The van der Waals surface area contributed by atoms with Crippen LogP contribution in [-0.2, 0) is 4.74 Å². The number of carbonyl (C=O) groups is 1. The Balaban J connectivity index is 1.80. The Kier molecular flexibility index (Phi) is 5.48. The molecule has 1 aliphatic carbocycles. The van der Waals surface area contributed by atoms with E-state index < -0.39 is 0 Å². The summed E-state index contributed by atoms with van der Waals surface area (Å²) in [5.41, 5.74) is 2.01. The summed E-state index contributed by atoms with van der Waals surface area (Å²) in [7, 11) is 1.38. The highest BCUT2D eigenvalue weighted by Gasteiger charge is 2.16. The topological polar surface area (TPSA) is 76.1 Å². The molecule has 2 aromatic rings. The maximum Gasteiger partial charge on any atom is 0.339 e. The molecule has 1 aliphatic rings. The maximum atomic E-state index is 11.9. The van der Waals surface area contributed by atoms with E-state index in [4.69, 9.17) is 4.74 Å². The Bertz CT molecular complexity index is 742. The summed E-state index contributed by atoms with van der Waals surface area (Å²) >= 11 is 0. The third kappa shape index (κ3) is 4.47. The fraction of sp³-hybridized carbons (Fsp3) is 0.421. The van der Waals surface area contributed by atoms with Crippen molar-refractivity contribution in [3.05, 3.63) is 41.6 Å². The zero-order valence-electron chi connectivity index (χ0n) is 14.7. The van der Waals surface area contributed by atoms with Crippen molar-refractivity contribution >= 4 is 23.4 Å². The van der Waals surface area contributed by atoms with Crippen molar-refractivity contribution in [2.45, 2.75) is 45.1 Å². The number of nitrogens with one attached hydrogen (secondary N) is 2. The first kappa shape index (κ1) is 17.2. The van der Waals surface area contributed by atoms with Crippen LogP contribution in [0.25, 0.3) is 0 Å². The lowest BCUT2D eigenvalue weighted by Gasteiger charge is -2.23. The molecule has 2 N–H and O–H groups in total. The van der Waals surface area contributed by atoms with Crippen LogP contribution in [0.2, 0.25) is 0 Å². The minimum atomic E-state index is -0.380. The van der Waals surface area contributed by atoms with Gasteiger partial charge in [0.15, 0.2) is 0 Å². The number of para-hydroxylation sites is 1. The number of methoxy groups -OCH3 is 1. The smallest absolute Gasteiger partial charge is 0.339 e. The summed E-state index contributed by atoms with van der Waals surface area (Å²) in [5.74, 6) is 0.904. The van der Waals surface area contributed by atoms with Gasteiger partial charge in [-0.15, -0.1) is 0 Å². The van der Waals surface area contributed by atoms with Crippen molar-refractivity contribution in [3.63, 3.8) is 0 Å². The zero-order valence-corrected chi connectivity index (χ0v) is 14.7. The summed E-state index contributed by atoms with van der Waals surface area (Å²) in [4.78, 5) is 21.0. The number of esters is 1. The molecule has 1 aromatic carbocycles. The molecule has 0 amide bonds. The van der Waals surface area contributed by atoms with Crippen molar-refractivity contribution in [1.82, 2.24) is 9.97 Å². The second-order valence-electron chi connectivity index (χ2n) is 6.36. The van der Waals surface area contributed by atoms with E-state index in [1.807, 2.05) is 25.1 Å². The number of hydrogen-bond donors (Lipinski definition) is 2. The van der Waals surface area contributed by atoms with Gasteiger partial charge in [0.2, 0.25) is 5.95 Å². The summed E-state index contributed by atoms with van der Waals surface area (Å²) in [5, 5.41) is 6.66. The largest absolute Gasteiger partial charge is 0.465 e. The summed E-state index contributed by atoms with van der Waals surface area (Å²) in [6.45, 7) is 1.94. The molecule has 0 unspecified atom stereocenters. The van der Waals surface area contributed by atoms with E-state index in [0.29, 0.717) is 29.1 Å². The van der Waals surface area contributed by atoms with Crippen molar-refractivity contribution in [2.24, 2.45) is 0 Å². The SMILES string of the molecule is COC(=O)c1ccccc1Nc1cc(C)nc(NC2CCCCC2)n1. The van der Waals surface area contributed by atoms with Crippen LogP contribution in [0.15, 0.2) is 30.3 Å². The van der Waals surface area contributed by atoms with E-state index in [1.165, 1.54) is 26.4 Å². The fourth-order valence-electron chi connectivity index (χ4n) is 3.14. The van der Waals surface area contributed by atoms with Gasteiger partial charge >= 0.3 is 5.97 Å². The highest BCUT2D eigenvalue weighted by molar-refractivity contribution is 5.96. The summed E-state index contributed by atoms with van der Waals surface area (Å²) in [6, 6.07) is 9.52. The predicted octanol–water partition coefficient (Wildman–Crippen LogP) is 4.06. The molecule has 0 atom stereocenters. The number of aromatic nitrogens is 2. The first-order valence-electron chi connectivity index (χ1n) is 8.72. The van der Waals surface area contributed by atoms with Crippen LogP contribution in [0.3, 0.4) is 0 Å². The molecule has 1 saturated carbocycles. The minimum absolute atomic E-state index is 0.380. The van der Waals surface area contributed by atoms with Gasteiger partial charge in [0.25, 0.3) is 0 Å². The Morgan fingerprint density at radius 3 is 2.68 bits per heavy atom. The quantitative estimate of drug-likeness (QED) is 0.800. The third-order valence-electron chi connectivity index (χ3n) is 4.39. The number of aryl methyl sites for hydroxylation is 1. The molecule has 25 heavy (non-hydrogen) atoms. The molecule has 0 spiro atoms. The van der Waals surface area contributed by atoms with Gasteiger partial charge in [0, 0.05) is 17.8 Å².